The summed E-state index contributed by atoms with van der Waals surface area (Å²) < 4.78 is 7.80. The fraction of sp³-hybridized carbons (Fsp3) is 0.0800. The Hall–Kier alpha value is -4.79. The second-order valence-corrected chi connectivity index (χ2v) is 7.62. The number of hydrogen-bond acceptors (Lipinski definition) is 6. The summed E-state index contributed by atoms with van der Waals surface area (Å²) in [7, 11) is 0. The molecule has 34 heavy (non-hydrogen) atoms. The molecule has 9 nitrogen and oxygen atoms in total. The van der Waals surface area contributed by atoms with Crippen molar-refractivity contribution in [3.63, 3.8) is 0 Å². The van der Waals surface area contributed by atoms with E-state index in [0.29, 0.717) is 22.8 Å². The van der Waals surface area contributed by atoms with E-state index < -0.39 is 11.2 Å². The Labute approximate surface area is 194 Å². The van der Waals surface area contributed by atoms with E-state index in [1.165, 1.54) is 24.1 Å². The van der Waals surface area contributed by atoms with Gasteiger partial charge in [-0.1, -0.05) is 48.5 Å². The molecule has 0 fully saturated rings. The standard InChI is InChI=1S/C25H19N5O4/c1-17(31)29-25(34-24(27-29)19-10-6-3-7-11-19)22-16-28(20-12-14-21(15-13-20)30(32)33)26-23(22)18-8-4-2-5-9-18/h2-16,25H,1H3. The molecule has 0 N–H and O–H groups in total. The summed E-state index contributed by atoms with van der Waals surface area (Å²) in [6, 6.07) is 25.0. The molecule has 2 heterocycles. The fourth-order valence-electron chi connectivity index (χ4n) is 3.71. The molecule has 0 spiro atoms. The molecule has 1 aliphatic heterocycles. The van der Waals surface area contributed by atoms with Crippen LogP contribution in [0.2, 0.25) is 0 Å². The SMILES string of the molecule is CC(=O)N1N=C(c2ccccc2)OC1c1cn(-c2ccc([N+](=O)[O-])cc2)nc1-c1ccccc1. The lowest BCUT2D eigenvalue weighted by atomic mass is 10.1. The van der Waals surface area contributed by atoms with E-state index in [4.69, 9.17) is 9.84 Å². The van der Waals surface area contributed by atoms with Gasteiger partial charge in [-0.05, 0) is 24.3 Å². The van der Waals surface area contributed by atoms with E-state index in [1.807, 2.05) is 60.7 Å². The molecule has 1 aromatic heterocycles. The number of nitro benzene ring substituents is 1. The van der Waals surface area contributed by atoms with Crippen molar-refractivity contribution in [1.29, 1.82) is 0 Å². The van der Waals surface area contributed by atoms with Crippen LogP contribution in [0, 0.1) is 10.1 Å². The normalized spacial score (nSPS) is 15.0. The Kier molecular flexibility index (Phi) is 5.35. The number of non-ortho nitro benzene ring substituents is 1. The van der Waals surface area contributed by atoms with E-state index in [2.05, 4.69) is 5.10 Å². The van der Waals surface area contributed by atoms with Gasteiger partial charge >= 0.3 is 0 Å². The van der Waals surface area contributed by atoms with Gasteiger partial charge in [0.1, 0.15) is 5.69 Å². The number of aromatic nitrogens is 2. The maximum Gasteiger partial charge on any atom is 0.269 e. The number of rotatable bonds is 5. The second kappa shape index (κ2) is 8.62. The topological polar surface area (TPSA) is 103 Å². The number of nitrogens with zero attached hydrogens (tertiary/aromatic N) is 5. The predicted octanol–water partition coefficient (Wildman–Crippen LogP) is 4.69. The Morgan fingerprint density at radius 3 is 2.15 bits per heavy atom. The molecule has 1 amide bonds. The molecule has 1 aliphatic rings. The summed E-state index contributed by atoms with van der Waals surface area (Å²) >= 11 is 0. The van der Waals surface area contributed by atoms with Crippen LogP contribution < -0.4 is 0 Å². The molecular formula is C25H19N5O4. The van der Waals surface area contributed by atoms with Gasteiger partial charge < -0.3 is 4.74 Å². The number of ether oxygens (including phenoxy) is 1. The van der Waals surface area contributed by atoms with Gasteiger partial charge in [-0.15, -0.1) is 5.10 Å². The average molecular weight is 453 g/mol. The van der Waals surface area contributed by atoms with Crippen molar-refractivity contribution >= 4 is 17.5 Å². The largest absolute Gasteiger partial charge is 0.446 e. The molecule has 1 unspecified atom stereocenters. The summed E-state index contributed by atoms with van der Waals surface area (Å²) in [5, 5.41) is 21.5. The van der Waals surface area contributed by atoms with Crippen LogP contribution >= 0.6 is 0 Å². The Bertz CT molecular complexity index is 1380. The summed E-state index contributed by atoms with van der Waals surface area (Å²) in [4.78, 5) is 23.1. The Morgan fingerprint density at radius 2 is 1.56 bits per heavy atom. The quantitative estimate of drug-likeness (QED) is 0.322. The van der Waals surface area contributed by atoms with Crippen molar-refractivity contribution in [2.45, 2.75) is 13.2 Å². The molecular weight excluding hydrogens is 434 g/mol. The first-order chi connectivity index (χ1) is 16.5. The predicted molar refractivity (Wildman–Crippen MR) is 125 cm³/mol. The Balaban J connectivity index is 1.60. The highest BCUT2D eigenvalue weighted by Crippen LogP contribution is 2.36. The van der Waals surface area contributed by atoms with Crippen LogP contribution in [0.1, 0.15) is 24.3 Å². The first-order valence-electron chi connectivity index (χ1n) is 10.5. The van der Waals surface area contributed by atoms with E-state index in [1.54, 1.807) is 23.0 Å². The lowest BCUT2D eigenvalue weighted by Crippen LogP contribution is -2.25. The number of carbonyl (C=O) groups is 1. The van der Waals surface area contributed by atoms with Gasteiger partial charge in [-0.25, -0.2) is 4.68 Å². The molecule has 5 rings (SSSR count). The third kappa shape index (κ3) is 3.90. The maximum atomic E-state index is 12.5. The summed E-state index contributed by atoms with van der Waals surface area (Å²) in [6.07, 6.45) is 0.933. The van der Waals surface area contributed by atoms with Crippen LogP contribution in [0.15, 0.2) is 96.2 Å². The molecule has 168 valence electrons. The number of carbonyl (C=O) groups excluding carboxylic acids is 1. The highest BCUT2D eigenvalue weighted by molar-refractivity contribution is 5.96. The van der Waals surface area contributed by atoms with Crippen LogP contribution in [0.25, 0.3) is 16.9 Å². The molecule has 0 saturated carbocycles. The van der Waals surface area contributed by atoms with Crippen LogP contribution in [0.4, 0.5) is 5.69 Å². The zero-order valence-corrected chi connectivity index (χ0v) is 18.1. The molecule has 9 heteroatoms. The summed E-state index contributed by atoms with van der Waals surface area (Å²) in [6.45, 7) is 1.43. The third-order valence-electron chi connectivity index (χ3n) is 5.37. The second-order valence-electron chi connectivity index (χ2n) is 7.62. The van der Waals surface area contributed by atoms with Crippen molar-refractivity contribution in [2.24, 2.45) is 5.10 Å². The number of amides is 1. The molecule has 0 saturated heterocycles. The molecule has 0 bridgehead atoms. The minimum Gasteiger partial charge on any atom is -0.446 e. The van der Waals surface area contributed by atoms with Gasteiger partial charge in [0.2, 0.25) is 18.0 Å². The first-order valence-corrected chi connectivity index (χ1v) is 10.5. The third-order valence-corrected chi connectivity index (χ3v) is 5.37. The number of benzene rings is 3. The van der Waals surface area contributed by atoms with Gasteiger partial charge in [0.05, 0.1) is 16.2 Å². The van der Waals surface area contributed by atoms with Crippen LogP contribution in [0.3, 0.4) is 0 Å². The fourth-order valence-corrected chi connectivity index (χ4v) is 3.71. The minimum atomic E-state index is -0.824. The number of hydrogen-bond donors (Lipinski definition) is 0. The lowest BCUT2D eigenvalue weighted by Gasteiger charge is -2.19. The van der Waals surface area contributed by atoms with E-state index in [0.717, 1.165) is 11.1 Å². The molecule has 0 aliphatic carbocycles. The zero-order chi connectivity index (χ0) is 23.7. The van der Waals surface area contributed by atoms with Crippen molar-refractivity contribution in [3.05, 3.63) is 112 Å². The van der Waals surface area contributed by atoms with Crippen molar-refractivity contribution < 1.29 is 14.5 Å². The van der Waals surface area contributed by atoms with Crippen molar-refractivity contribution in [1.82, 2.24) is 14.8 Å². The highest BCUT2D eigenvalue weighted by Gasteiger charge is 2.36. The number of hydrazone groups is 1. The maximum absolute atomic E-state index is 12.5. The smallest absolute Gasteiger partial charge is 0.269 e. The van der Waals surface area contributed by atoms with Gasteiger partial charge in [0.15, 0.2) is 0 Å². The van der Waals surface area contributed by atoms with Gasteiger partial charge in [-0.2, -0.15) is 10.1 Å². The lowest BCUT2D eigenvalue weighted by molar-refractivity contribution is -0.384. The van der Waals surface area contributed by atoms with E-state index in [9.17, 15) is 14.9 Å². The zero-order valence-electron chi connectivity index (χ0n) is 18.1. The molecule has 4 aromatic rings. The molecule has 0 radical (unpaired) electrons. The molecule has 3 aromatic carbocycles. The van der Waals surface area contributed by atoms with Crippen LogP contribution in [-0.2, 0) is 9.53 Å². The average Bonchev–Trinajstić information content (AvgIpc) is 3.50. The van der Waals surface area contributed by atoms with E-state index >= 15 is 0 Å². The summed E-state index contributed by atoms with van der Waals surface area (Å²) in [5.74, 6) is 0.0564. The number of nitro groups is 1. The highest BCUT2D eigenvalue weighted by atomic mass is 16.6. The van der Waals surface area contributed by atoms with Crippen LogP contribution in [-0.4, -0.2) is 31.5 Å². The minimum absolute atomic E-state index is 0.0119. The Morgan fingerprint density at radius 1 is 0.941 bits per heavy atom. The molecule has 1 atom stereocenters. The van der Waals surface area contributed by atoms with Gasteiger partial charge in [0.25, 0.3) is 5.69 Å². The van der Waals surface area contributed by atoms with Crippen molar-refractivity contribution in [3.8, 4) is 16.9 Å². The van der Waals surface area contributed by atoms with Gasteiger partial charge in [0, 0.05) is 36.4 Å². The van der Waals surface area contributed by atoms with Gasteiger partial charge in [-0.3, -0.25) is 14.9 Å². The summed E-state index contributed by atoms with van der Waals surface area (Å²) in [5.41, 5.74) is 3.45. The monoisotopic (exact) mass is 453 g/mol. The first kappa shape index (κ1) is 21.1. The van der Waals surface area contributed by atoms with E-state index in [-0.39, 0.29) is 11.6 Å². The van der Waals surface area contributed by atoms with Crippen molar-refractivity contribution in [2.75, 3.05) is 0 Å². The van der Waals surface area contributed by atoms with Crippen LogP contribution in [0.5, 0.6) is 0 Å².